The Balaban J connectivity index is 1.96. The van der Waals surface area contributed by atoms with Gasteiger partial charge in [0, 0.05) is 29.6 Å². The van der Waals surface area contributed by atoms with Gasteiger partial charge in [-0.3, -0.25) is 14.5 Å². The predicted octanol–water partition coefficient (Wildman–Crippen LogP) is 3.11. The standard InChI is InChI=1S/C17H21Cl2N3O3/c1-2-3-8-20-17(25)22-14(6-7-15(22)23)16(24)21-10-11-4-5-12(18)9-13(11)19/h4-5,9,14H,2-3,6-8,10H2,1H3,(H,20,25)(H,21,24). The van der Waals surface area contributed by atoms with Crippen LogP contribution in [-0.2, 0) is 16.1 Å². The van der Waals surface area contributed by atoms with Gasteiger partial charge in [-0.1, -0.05) is 42.6 Å². The molecule has 1 aromatic carbocycles. The van der Waals surface area contributed by atoms with Crippen LogP contribution in [0.1, 0.15) is 38.2 Å². The van der Waals surface area contributed by atoms with E-state index in [0.29, 0.717) is 28.6 Å². The monoisotopic (exact) mass is 385 g/mol. The molecular formula is C17H21Cl2N3O3. The largest absolute Gasteiger partial charge is 0.350 e. The Bertz CT molecular complexity index is 667. The van der Waals surface area contributed by atoms with E-state index >= 15 is 0 Å². The fraction of sp³-hybridized carbons (Fsp3) is 0.471. The highest BCUT2D eigenvalue weighted by molar-refractivity contribution is 6.35. The zero-order chi connectivity index (χ0) is 18.4. The van der Waals surface area contributed by atoms with Crippen molar-refractivity contribution < 1.29 is 14.4 Å². The van der Waals surface area contributed by atoms with E-state index in [0.717, 1.165) is 17.7 Å². The molecule has 1 aromatic rings. The van der Waals surface area contributed by atoms with Crippen LogP contribution >= 0.6 is 23.2 Å². The topological polar surface area (TPSA) is 78.5 Å². The van der Waals surface area contributed by atoms with Gasteiger partial charge < -0.3 is 10.6 Å². The third-order valence-corrected chi connectivity index (χ3v) is 4.60. The summed E-state index contributed by atoms with van der Waals surface area (Å²) in [5.74, 6) is -0.707. The predicted molar refractivity (Wildman–Crippen MR) is 96.5 cm³/mol. The first kappa shape index (κ1) is 19.5. The van der Waals surface area contributed by atoms with Crippen molar-refractivity contribution >= 4 is 41.0 Å². The van der Waals surface area contributed by atoms with Crippen molar-refractivity contribution in [3.8, 4) is 0 Å². The van der Waals surface area contributed by atoms with Crippen molar-refractivity contribution in [1.82, 2.24) is 15.5 Å². The molecule has 136 valence electrons. The molecule has 6 nitrogen and oxygen atoms in total. The summed E-state index contributed by atoms with van der Waals surface area (Å²) in [6, 6.07) is 3.69. The van der Waals surface area contributed by atoms with E-state index in [9.17, 15) is 14.4 Å². The van der Waals surface area contributed by atoms with Crippen LogP contribution in [0.2, 0.25) is 10.0 Å². The maximum atomic E-state index is 12.4. The smallest absolute Gasteiger partial charge is 0.324 e. The molecule has 8 heteroatoms. The molecule has 1 aliphatic heterocycles. The van der Waals surface area contributed by atoms with Crippen LogP contribution in [0.15, 0.2) is 18.2 Å². The molecular weight excluding hydrogens is 365 g/mol. The number of hydrogen-bond acceptors (Lipinski definition) is 3. The molecule has 4 amide bonds. The van der Waals surface area contributed by atoms with Crippen molar-refractivity contribution in [2.45, 2.75) is 45.2 Å². The average molecular weight is 386 g/mol. The van der Waals surface area contributed by atoms with Gasteiger partial charge in [-0.2, -0.15) is 0 Å². The number of hydrogen-bond donors (Lipinski definition) is 2. The minimum atomic E-state index is -0.791. The summed E-state index contributed by atoms with van der Waals surface area (Å²) in [4.78, 5) is 37.6. The van der Waals surface area contributed by atoms with Crippen LogP contribution in [0.3, 0.4) is 0 Å². The fourth-order valence-electron chi connectivity index (χ4n) is 2.61. The number of urea groups is 1. The van der Waals surface area contributed by atoms with E-state index in [1.807, 2.05) is 6.92 Å². The number of amides is 4. The Morgan fingerprint density at radius 3 is 2.72 bits per heavy atom. The summed E-state index contributed by atoms with van der Waals surface area (Å²) in [5, 5.41) is 6.37. The fourth-order valence-corrected chi connectivity index (χ4v) is 3.08. The van der Waals surface area contributed by atoms with Gasteiger partial charge in [-0.25, -0.2) is 4.79 Å². The lowest BCUT2D eigenvalue weighted by Crippen LogP contribution is -2.51. The van der Waals surface area contributed by atoms with Crippen LogP contribution in [0, 0.1) is 0 Å². The molecule has 1 atom stereocenters. The molecule has 25 heavy (non-hydrogen) atoms. The number of halogens is 2. The molecule has 0 spiro atoms. The van der Waals surface area contributed by atoms with Crippen LogP contribution in [0.5, 0.6) is 0 Å². The number of benzene rings is 1. The summed E-state index contributed by atoms with van der Waals surface area (Å²) in [5.41, 5.74) is 0.711. The Labute approximate surface area is 156 Å². The number of carbonyl (C=O) groups excluding carboxylic acids is 3. The van der Waals surface area contributed by atoms with Gasteiger partial charge >= 0.3 is 6.03 Å². The van der Waals surface area contributed by atoms with Crippen LogP contribution in [0.4, 0.5) is 4.79 Å². The number of nitrogens with one attached hydrogen (secondary N) is 2. The molecule has 1 fully saturated rings. The molecule has 2 rings (SSSR count). The second-order valence-electron chi connectivity index (χ2n) is 5.86. The number of imide groups is 1. The van der Waals surface area contributed by atoms with Gasteiger partial charge in [0.1, 0.15) is 6.04 Å². The van der Waals surface area contributed by atoms with Gasteiger partial charge in [0.15, 0.2) is 0 Å². The molecule has 0 saturated carbocycles. The van der Waals surface area contributed by atoms with Gasteiger partial charge in [0.2, 0.25) is 11.8 Å². The van der Waals surface area contributed by atoms with E-state index < -0.39 is 12.1 Å². The maximum Gasteiger partial charge on any atom is 0.324 e. The summed E-state index contributed by atoms with van der Waals surface area (Å²) < 4.78 is 0. The van der Waals surface area contributed by atoms with E-state index in [2.05, 4.69) is 10.6 Å². The number of rotatable bonds is 6. The van der Waals surface area contributed by atoms with Crippen molar-refractivity contribution in [3.05, 3.63) is 33.8 Å². The summed E-state index contributed by atoms with van der Waals surface area (Å²) in [6.07, 6.45) is 2.25. The third kappa shape index (κ3) is 5.09. The summed E-state index contributed by atoms with van der Waals surface area (Å²) in [6.45, 7) is 2.68. The van der Waals surface area contributed by atoms with E-state index in [4.69, 9.17) is 23.2 Å². The molecule has 1 unspecified atom stereocenters. The van der Waals surface area contributed by atoms with E-state index in [1.54, 1.807) is 18.2 Å². The molecule has 1 heterocycles. The minimum Gasteiger partial charge on any atom is -0.350 e. The van der Waals surface area contributed by atoms with Crippen molar-refractivity contribution in [2.75, 3.05) is 6.54 Å². The first-order valence-electron chi connectivity index (χ1n) is 8.25. The van der Waals surface area contributed by atoms with E-state index in [1.165, 1.54) is 0 Å². The highest BCUT2D eigenvalue weighted by atomic mass is 35.5. The lowest BCUT2D eigenvalue weighted by atomic mass is 10.2. The van der Waals surface area contributed by atoms with Crippen LogP contribution in [-0.4, -0.2) is 35.3 Å². The highest BCUT2D eigenvalue weighted by Gasteiger charge is 2.40. The molecule has 1 saturated heterocycles. The third-order valence-electron chi connectivity index (χ3n) is 4.01. The zero-order valence-electron chi connectivity index (χ0n) is 14.0. The second kappa shape index (κ2) is 9.06. The van der Waals surface area contributed by atoms with Crippen molar-refractivity contribution in [1.29, 1.82) is 0 Å². The molecule has 1 aliphatic rings. The zero-order valence-corrected chi connectivity index (χ0v) is 15.5. The van der Waals surface area contributed by atoms with Crippen molar-refractivity contribution in [3.63, 3.8) is 0 Å². The summed E-state index contributed by atoms with van der Waals surface area (Å²) >= 11 is 11.9. The molecule has 0 bridgehead atoms. The highest BCUT2D eigenvalue weighted by Crippen LogP contribution is 2.22. The Hall–Kier alpha value is -1.79. The molecule has 0 radical (unpaired) electrons. The van der Waals surface area contributed by atoms with Crippen molar-refractivity contribution in [2.24, 2.45) is 0 Å². The normalized spacial score (nSPS) is 16.8. The number of carbonyl (C=O) groups is 3. The summed E-state index contributed by atoms with van der Waals surface area (Å²) in [7, 11) is 0. The maximum absolute atomic E-state index is 12.4. The minimum absolute atomic E-state index is 0.182. The number of unbranched alkanes of at least 4 members (excludes halogenated alkanes) is 1. The SMILES string of the molecule is CCCCNC(=O)N1C(=O)CCC1C(=O)NCc1ccc(Cl)cc1Cl. The van der Waals surface area contributed by atoms with Gasteiger partial charge in [0.25, 0.3) is 0 Å². The average Bonchev–Trinajstić information content (AvgIpc) is 2.95. The lowest BCUT2D eigenvalue weighted by molar-refractivity contribution is -0.132. The Kier molecular flexibility index (Phi) is 7.08. The number of nitrogens with zero attached hydrogens (tertiary/aromatic N) is 1. The Morgan fingerprint density at radius 2 is 2.04 bits per heavy atom. The first-order valence-corrected chi connectivity index (χ1v) is 9.01. The molecule has 2 N–H and O–H groups in total. The van der Waals surface area contributed by atoms with Gasteiger partial charge in [0.05, 0.1) is 0 Å². The quantitative estimate of drug-likeness (QED) is 0.738. The number of likely N-dealkylation sites (tertiary alicyclic amines) is 1. The van der Waals surface area contributed by atoms with Crippen LogP contribution in [0.25, 0.3) is 0 Å². The van der Waals surface area contributed by atoms with E-state index in [-0.39, 0.29) is 24.8 Å². The van der Waals surface area contributed by atoms with Gasteiger partial charge in [-0.05, 0) is 30.5 Å². The second-order valence-corrected chi connectivity index (χ2v) is 6.70. The first-order chi connectivity index (χ1) is 11.9. The molecule has 0 aromatic heterocycles. The van der Waals surface area contributed by atoms with Crippen LogP contribution < -0.4 is 10.6 Å². The molecule has 0 aliphatic carbocycles. The van der Waals surface area contributed by atoms with Gasteiger partial charge in [-0.15, -0.1) is 0 Å². The lowest BCUT2D eigenvalue weighted by Gasteiger charge is -2.22. The Morgan fingerprint density at radius 1 is 1.28 bits per heavy atom.